The number of amides is 1. The van der Waals surface area contributed by atoms with E-state index in [0.29, 0.717) is 0 Å². The van der Waals surface area contributed by atoms with Gasteiger partial charge < -0.3 is 10.4 Å². The Kier molecular flexibility index (Phi) is 4.09. The molecule has 0 aliphatic rings. The molecule has 0 fully saturated rings. The summed E-state index contributed by atoms with van der Waals surface area (Å²) in [6.45, 7) is 0.195. The summed E-state index contributed by atoms with van der Waals surface area (Å²) in [6, 6.07) is 7.09. The Labute approximate surface area is 113 Å². The second-order valence-corrected chi connectivity index (χ2v) is 4.11. The number of halogens is 1. The zero-order valence-electron chi connectivity index (χ0n) is 10.4. The second kappa shape index (κ2) is 5.96. The molecule has 1 amide bonds. The number of aromatic nitrogens is 2. The van der Waals surface area contributed by atoms with Crippen LogP contribution in [0.25, 0.3) is 0 Å². The minimum Gasteiger partial charge on any atom is -0.476 e. The van der Waals surface area contributed by atoms with Crippen molar-refractivity contribution in [2.24, 2.45) is 0 Å². The van der Waals surface area contributed by atoms with E-state index >= 15 is 0 Å². The summed E-state index contributed by atoms with van der Waals surface area (Å²) in [4.78, 5) is 22.3. The molecule has 0 saturated carbocycles. The van der Waals surface area contributed by atoms with Gasteiger partial charge in [0.2, 0.25) is 5.91 Å². The molecule has 20 heavy (non-hydrogen) atoms. The lowest BCUT2D eigenvalue weighted by atomic mass is 10.2. The average Bonchev–Trinajstić information content (AvgIpc) is 2.87. The third-order valence-electron chi connectivity index (χ3n) is 2.57. The maximum atomic E-state index is 12.7. The molecule has 1 aromatic heterocycles. The SMILES string of the molecule is O=C(Cn1ccc(C(=O)O)n1)NCc1ccc(F)cc1. The lowest BCUT2D eigenvalue weighted by molar-refractivity contribution is -0.122. The third kappa shape index (κ3) is 3.64. The van der Waals surface area contributed by atoms with Gasteiger partial charge in [0.05, 0.1) is 0 Å². The molecule has 104 valence electrons. The van der Waals surface area contributed by atoms with E-state index in [1.165, 1.54) is 29.1 Å². The number of carboxylic acids is 1. The van der Waals surface area contributed by atoms with Gasteiger partial charge in [0.15, 0.2) is 5.69 Å². The highest BCUT2D eigenvalue weighted by Gasteiger charge is 2.09. The Morgan fingerprint density at radius 3 is 2.55 bits per heavy atom. The number of carbonyl (C=O) groups excluding carboxylic acids is 1. The van der Waals surface area contributed by atoms with Gasteiger partial charge >= 0.3 is 5.97 Å². The lowest BCUT2D eigenvalue weighted by Crippen LogP contribution is -2.27. The lowest BCUT2D eigenvalue weighted by Gasteiger charge is -2.05. The highest BCUT2D eigenvalue weighted by molar-refractivity contribution is 5.85. The summed E-state index contributed by atoms with van der Waals surface area (Å²) in [5, 5.41) is 15.1. The molecule has 1 heterocycles. The monoisotopic (exact) mass is 277 g/mol. The zero-order chi connectivity index (χ0) is 14.5. The first-order chi connectivity index (χ1) is 9.54. The molecule has 0 aliphatic carbocycles. The number of rotatable bonds is 5. The predicted octanol–water partition coefficient (Wildman–Crippen LogP) is 1.04. The van der Waals surface area contributed by atoms with Crippen molar-refractivity contribution < 1.29 is 19.1 Å². The first kappa shape index (κ1) is 13.7. The summed E-state index contributed by atoms with van der Waals surface area (Å²) in [6.07, 6.45) is 1.42. The molecule has 0 aliphatic heterocycles. The number of carboxylic acid groups (broad SMARTS) is 1. The molecule has 0 saturated heterocycles. The van der Waals surface area contributed by atoms with Crippen molar-refractivity contribution in [3.63, 3.8) is 0 Å². The first-order valence-electron chi connectivity index (χ1n) is 5.82. The molecule has 1 aromatic carbocycles. The van der Waals surface area contributed by atoms with Crippen LogP contribution in [0.3, 0.4) is 0 Å². The average molecular weight is 277 g/mol. The fourth-order valence-electron chi connectivity index (χ4n) is 1.57. The van der Waals surface area contributed by atoms with Crippen molar-refractivity contribution in [2.45, 2.75) is 13.1 Å². The second-order valence-electron chi connectivity index (χ2n) is 4.11. The van der Waals surface area contributed by atoms with Crippen LogP contribution in [0.4, 0.5) is 4.39 Å². The molecule has 6 nitrogen and oxygen atoms in total. The fraction of sp³-hybridized carbons (Fsp3) is 0.154. The molecule has 2 N–H and O–H groups in total. The van der Waals surface area contributed by atoms with Gasteiger partial charge in [-0.15, -0.1) is 0 Å². The van der Waals surface area contributed by atoms with Crippen LogP contribution in [0.5, 0.6) is 0 Å². The minimum absolute atomic E-state index is 0.0749. The van der Waals surface area contributed by atoms with Crippen LogP contribution in [-0.4, -0.2) is 26.8 Å². The van der Waals surface area contributed by atoms with E-state index in [4.69, 9.17) is 5.11 Å². The maximum absolute atomic E-state index is 12.7. The number of hydrogen-bond donors (Lipinski definition) is 2. The molecule has 0 unspecified atom stereocenters. The van der Waals surface area contributed by atoms with Crippen LogP contribution < -0.4 is 5.32 Å². The molecule has 0 radical (unpaired) electrons. The topological polar surface area (TPSA) is 84.2 Å². The molecule has 2 rings (SSSR count). The molecule has 0 bridgehead atoms. The van der Waals surface area contributed by atoms with Crippen LogP contribution in [0.1, 0.15) is 16.1 Å². The smallest absolute Gasteiger partial charge is 0.356 e. The Morgan fingerprint density at radius 2 is 1.95 bits per heavy atom. The number of nitrogens with one attached hydrogen (secondary N) is 1. The molecular weight excluding hydrogens is 265 g/mol. The van der Waals surface area contributed by atoms with Crippen LogP contribution in [-0.2, 0) is 17.9 Å². The van der Waals surface area contributed by atoms with Gasteiger partial charge in [0, 0.05) is 12.7 Å². The largest absolute Gasteiger partial charge is 0.476 e. The van der Waals surface area contributed by atoms with E-state index in [1.54, 1.807) is 12.1 Å². The van der Waals surface area contributed by atoms with Gasteiger partial charge in [0.1, 0.15) is 12.4 Å². The summed E-state index contributed by atoms with van der Waals surface area (Å²) < 4.78 is 13.9. The van der Waals surface area contributed by atoms with Gasteiger partial charge in [0.25, 0.3) is 0 Å². The van der Waals surface area contributed by atoms with E-state index in [0.717, 1.165) is 5.56 Å². The maximum Gasteiger partial charge on any atom is 0.356 e. The molecule has 0 spiro atoms. The van der Waals surface area contributed by atoms with E-state index < -0.39 is 5.97 Å². The van der Waals surface area contributed by atoms with Crippen molar-refractivity contribution in [3.05, 3.63) is 53.6 Å². The predicted molar refractivity (Wildman–Crippen MR) is 67.4 cm³/mol. The molecular formula is C13H12FN3O3. The van der Waals surface area contributed by atoms with Gasteiger partial charge in [-0.1, -0.05) is 12.1 Å². The summed E-state index contributed by atoms with van der Waals surface area (Å²) in [5.41, 5.74) is 0.655. The Bertz CT molecular complexity index is 622. The van der Waals surface area contributed by atoms with Gasteiger partial charge in [-0.3, -0.25) is 9.48 Å². The molecule has 0 atom stereocenters. The minimum atomic E-state index is -1.14. The summed E-state index contributed by atoms with van der Waals surface area (Å²) in [5.74, 6) is -1.79. The van der Waals surface area contributed by atoms with E-state index in [1.807, 2.05) is 0 Å². The van der Waals surface area contributed by atoms with Crippen molar-refractivity contribution in [2.75, 3.05) is 0 Å². The van der Waals surface area contributed by atoms with Crippen molar-refractivity contribution in [3.8, 4) is 0 Å². The summed E-state index contributed by atoms with van der Waals surface area (Å²) >= 11 is 0. The van der Waals surface area contributed by atoms with Crippen LogP contribution in [0, 0.1) is 5.82 Å². The van der Waals surface area contributed by atoms with Crippen molar-refractivity contribution >= 4 is 11.9 Å². The van der Waals surface area contributed by atoms with Gasteiger partial charge in [-0.2, -0.15) is 5.10 Å². The normalized spacial score (nSPS) is 10.2. The highest BCUT2D eigenvalue weighted by Crippen LogP contribution is 2.02. The van der Waals surface area contributed by atoms with Crippen molar-refractivity contribution in [1.82, 2.24) is 15.1 Å². The Morgan fingerprint density at radius 1 is 1.25 bits per heavy atom. The van der Waals surface area contributed by atoms with E-state index in [9.17, 15) is 14.0 Å². The number of carbonyl (C=O) groups is 2. The number of nitrogens with zero attached hydrogens (tertiary/aromatic N) is 2. The van der Waals surface area contributed by atoms with Crippen LogP contribution in [0.2, 0.25) is 0 Å². The highest BCUT2D eigenvalue weighted by atomic mass is 19.1. The van der Waals surface area contributed by atoms with E-state index in [-0.39, 0.29) is 30.5 Å². The van der Waals surface area contributed by atoms with Gasteiger partial charge in [-0.05, 0) is 23.8 Å². The van der Waals surface area contributed by atoms with E-state index in [2.05, 4.69) is 10.4 Å². The Balaban J connectivity index is 1.85. The van der Waals surface area contributed by atoms with Crippen LogP contribution >= 0.6 is 0 Å². The zero-order valence-corrected chi connectivity index (χ0v) is 10.4. The Hall–Kier alpha value is -2.70. The number of aromatic carboxylic acids is 1. The standard InChI is InChI=1S/C13H12FN3O3/c14-10-3-1-9(2-4-10)7-15-12(18)8-17-6-5-11(16-17)13(19)20/h1-6H,7-8H2,(H,15,18)(H,19,20). The van der Waals surface area contributed by atoms with Crippen LogP contribution in [0.15, 0.2) is 36.5 Å². The summed E-state index contributed by atoms with van der Waals surface area (Å²) in [7, 11) is 0. The number of hydrogen-bond acceptors (Lipinski definition) is 3. The molecule has 2 aromatic rings. The number of benzene rings is 1. The molecule has 7 heteroatoms. The quantitative estimate of drug-likeness (QED) is 0.855. The first-order valence-corrected chi connectivity index (χ1v) is 5.82. The fourth-order valence-corrected chi connectivity index (χ4v) is 1.57. The van der Waals surface area contributed by atoms with Gasteiger partial charge in [-0.25, -0.2) is 9.18 Å². The third-order valence-corrected chi connectivity index (χ3v) is 2.57. The van der Waals surface area contributed by atoms with Crippen molar-refractivity contribution in [1.29, 1.82) is 0 Å².